The molecule has 1 fully saturated rings. The molecular weight excluding hydrogens is 326 g/mol. The molecule has 0 spiro atoms. The minimum absolute atomic E-state index is 0.173. The largest absolute Gasteiger partial charge is 0.469 e. The van der Waals surface area contributed by atoms with Gasteiger partial charge in [-0.1, -0.05) is 0 Å². The quantitative estimate of drug-likeness (QED) is 0.575. The fourth-order valence-electron chi connectivity index (χ4n) is 2.55. The summed E-state index contributed by atoms with van der Waals surface area (Å²) in [6, 6.07) is -0.580. The number of ether oxygens (including phenoxy) is 3. The molecule has 0 bridgehead atoms. The second-order valence-electron chi connectivity index (χ2n) is 6.52. The molecule has 8 heteroatoms. The van der Waals surface area contributed by atoms with E-state index in [1.807, 2.05) is 0 Å². The first kappa shape index (κ1) is 20.0. The van der Waals surface area contributed by atoms with Gasteiger partial charge in [-0.2, -0.15) is 0 Å². The van der Waals surface area contributed by atoms with Crippen LogP contribution in [0, 0.1) is 5.92 Å². The number of hydrogen-bond acceptors (Lipinski definition) is 6. The molecule has 0 radical (unpaired) electrons. The predicted octanol–water partition coefficient (Wildman–Crippen LogP) is 1.45. The summed E-state index contributed by atoms with van der Waals surface area (Å²) in [4.78, 5) is 23.9. The van der Waals surface area contributed by atoms with Gasteiger partial charge >= 0.3 is 12.1 Å². The van der Waals surface area contributed by atoms with E-state index in [1.54, 1.807) is 20.8 Å². The number of carbonyl (C=O) groups is 2. The lowest BCUT2D eigenvalue weighted by Gasteiger charge is -2.38. The van der Waals surface area contributed by atoms with E-state index in [-0.39, 0.29) is 19.4 Å². The Kier molecular flexibility index (Phi) is 7.57. The van der Waals surface area contributed by atoms with Crippen LogP contribution < -0.4 is 5.32 Å². The number of rotatable bonds is 5. The normalized spacial score (nSPS) is 28.1. The Labute approximate surface area is 141 Å². The molecule has 0 aromatic carbocycles. The fraction of sp³-hybridized carbons (Fsp3) is 0.867. The van der Waals surface area contributed by atoms with Gasteiger partial charge in [0.25, 0.3) is 0 Å². The number of carbonyl (C=O) groups excluding carboxylic acids is 2. The van der Waals surface area contributed by atoms with Gasteiger partial charge in [-0.05, 0) is 33.6 Å². The summed E-state index contributed by atoms with van der Waals surface area (Å²) in [5.41, 5.74) is -0.649. The number of methoxy groups -OCH3 is 1. The molecule has 0 aromatic rings. The van der Waals surface area contributed by atoms with Crippen molar-refractivity contribution in [3.8, 4) is 0 Å². The smallest absolute Gasteiger partial charge is 0.407 e. The van der Waals surface area contributed by atoms with Gasteiger partial charge < -0.3 is 24.6 Å². The van der Waals surface area contributed by atoms with Crippen LogP contribution in [0.2, 0.25) is 0 Å². The summed E-state index contributed by atoms with van der Waals surface area (Å²) in [5, 5.41) is 12.8. The molecule has 1 amide bonds. The number of amides is 1. The first-order valence-corrected chi connectivity index (χ1v) is 8.14. The second-order valence-corrected chi connectivity index (χ2v) is 6.90. The average molecular weight is 352 g/mol. The number of esters is 1. The van der Waals surface area contributed by atoms with Crippen LogP contribution in [0.4, 0.5) is 4.79 Å². The molecule has 0 unspecified atom stereocenters. The molecule has 0 aliphatic heterocycles. The third-order valence-electron chi connectivity index (χ3n) is 3.51. The zero-order valence-corrected chi connectivity index (χ0v) is 14.8. The third kappa shape index (κ3) is 6.53. The number of alkyl carbamates (subject to hydrolysis) is 1. The fourth-order valence-corrected chi connectivity index (χ4v) is 2.64. The van der Waals surface area contributed by atoms with Crippen LogP contribution in [-0.4, -0.2) is 60.6 Å². The molecule has 0 aromatic heterocycles. The first-order chi connectivity index (χ1) is 10.7. The molecule has 4 atom stereocenters. The molecule has 0 heterocycles. The van der Waals surface area contributed by atoms with Gasteiger partial charge in [0.2, 0.25) is 0 Å². The van der Waals surface area contributed by atoms with Crippen molar-refractivity contribution in [2.45, 2.75) is 57.5 Å². The summed E-state index contributed by atoms with van der Waals surface area (Å²) in [6.07, 6.45) is -1.55. The molecule has 2 N–H and O–H groups in total. The first-order valence-electron chi connectivity index (χ1n) is 7.61. The highest BCUT2D eigenvalue weighted by molar-refractivity contribution is 6.17. The van der Waals surface area contributed by atoms with E-state index < -0.39 is 41.8 Å². The number of alkyl halides is 1. The molecule has 134 valence electrons. The third-order valence-corrected chi connectivity index (χ3v) is 3.67. The lowest BCUT2D eigenvalue weighted by Crippen LogP contribution is -2.54. The van der Waals surface area contributed by atoms with E-state index in [1.165, 1.54) is 7.11 Å². The lowest BCUT2D eigenvalue weighted by atomic mass is 9.81. The molecule has 1 aliphatic carbocycles. The monoisotopic (exact) mass is 351 g/mol. The van der Waals surface area contributed by atoms with Gasteiger partial charge in [0.05, 0.1) is 31.8 Å². The van der Waals surface area contributed by atoms with Crippen molar-refractivity contribution < 1.29 is 28.9 Å². The number of hydrogen-bond donors (Lipinski definition) is 2. The van der Waals surface area contributed by atoms with Gasteiger partial charge in [-0.3, -0.25) is 4.79 Å². The van der Waals surface area contributed by atoms with Crippen LogP contribution in [0.5, 0.6) is 0 Å². The summed E-state index contributed by atoms with van der Waals surface area (Å²) >= 11 is 5.58. The Hall–Kier alpha value is -1.05. The van der Waals surface area contributed by atoms with Crippen LogP contribution in [0.3, 0.4) is 0 Å². The number of aliphatic hydroxyl groups excluding tert-OH is 1. The zero-order chi connectivity index (χ0) is 17.6. The van der Waals surface area contributed by atoms with Gasteiger partial charge in [0.15, 0.2) is 0 Å². The highest BCUT2D eigenvalue weighted by Crippen LogP contribution is 2.29. The molecule has 1 aliphatic rings. The van der Waals surface area contributed by atoms with Crippen LogP contribution >= 0.6 is 11.6 Å². The second kappa shape index (κ2) is 8.70. The van der Waals surface area contributed by atoms with E-state index in [9.17, 15) is 14.7 Å². The molecular formula is C15H26ClNO6. The van der Waals surface area contributed by atoms with Gasteiger partial charge in [-0.15, -0.1) is 11.6 Å². The maximum Gasteiger partial charge on any atom is 0.407 e. The highest BCUT2D eigenvalue weighted by atomic mass is 35.5. The molecule has 23 heavy (non-hydrogen) atoms. The number of aliphatic hydroxyl groups is 1. The van der Waals surface area contributed by atoms with Crippen LogP contribution in [0.25, 0.3) is 0 Å². The van der Waals surface area contributed by atoms with E-state index in [4.69, 9.17) is 25.8 Å². The van der Waals surface area contributed by atoms with Crippen molar-refractivity contribution >= 4 is 23.7 Å². The van der Waals surface area contributed by atoms with Crippen molar-refractivity contribution in [2.75, 3.05) is 19.6 Å². The maximum atomic E-state index is 12.0. The highest BCUT2D eigenvalue weighted by Gasteiger charge is 2.42. The van der Waals surface area contributed by atoms with Crippen molar-refractivity contribution in [3.05, 3.63) is 0 Å². The van der Waals surface area contributed by atoms with Gasteiger partial charge in [-0.25, -0.2) is 4.79 Å². The lowest BCUT2D eigenvalue weighted by molar-refractivity contribution is -0.153. The Bertz CT molecular complexity index is 411. The molecule has 7 nitrogen and oxygen atoms in total. The topological polar surface area (TPSA) is 94.1 Å². The minimum atomic E-state index is -0.806. The molecule has 0 saturated heterocycles. The van der Waals surface area contributed by atoms with Crippen LogP contribution in [-0.2, 0) is 19.0 Å². The van der Waals surface area contributed by atoms with Crippen molar-refractivity contribution in [2.24, 2.45) is 5.92 Å². The Morgan fingerprint density at radius 2 is 1.96 bits per heavy atom. The van der Waals surface area contributed by atoms with Crippen molar-refractivity contribution in [1.29, 1.82) is 0 Å². The number of nitrogens with one attached hydrogen (secondary N) is 1. The van der Waals surface area contributed by atoms with Crippen LogP contribution in [0.15, 0.2) is 0 Å². The minimum Gasteiger partial charge on any atom is -0.469 e. The standard InChI is InChI=1S/C15H26ClNO6/c1-15(2,3)23-14(20)17-10-8-11(18)12(22-6-5-16)7-9(10)13(19)21-4/h9-12,18H,5-8H2,1-4H3,(H,17,20)/t9-,10+,11-,12-/m0/s1. The van der Waals surface area contributed by atoms with E-state index in [2.05, 4.69) is 5.32 Å². The Morgan fingerprint density at radius 1 is 1.30 bits per heavy atom. The summed E-state index contributed by atoms with van der Waals surface area (Å²) < 4.78 is 15.5. The maximum absolute atomic E-state index is 12.0. The number of halogens is 1. The van der Waals surface area contributed by atoms with E-state index >= 15 is 0 Å². The Balaban J connectivity index is 2.76. The molecule has 1 rings (SSSR count). The Morgan fingerprint density at radius 3 is 2.48 bits per heavy atom. The van der Waals surface area contributed by atoms with E-state index in [0.29, 0.717) is 5.88 Å². The van der Waals surface area contributed by atoms with Crippen molar-refractivity contribution in [1.82, 2.24) is 5.32 Å². The van der Waals surface area contributed by atoms with Gasteiger partial charge in [0.1, 0.15) is 5.60 Å². The van der Waals surface area contributed by atoms with E-state index in [0.717, 1.165) is 0 Å². The van der Waals surface area contributed by atoms with Gasteiger partial charge in [0, 0.05) is 11.9 Å². The van der Waals surface area contributed by atoms with Crippen LogP contribution in [0.1, 0.15) is 33.6 Å². The predicted molar refractivity (Wildman–Crippen MR) is 84.4 cm³/mol. The summed E-state index contributed by atoms with van der Waals surface area (Å²) in [7, 11) is 1.28. The SMILES string of the molecule is COC(=O)[C@H]1C[C@H](OCCCl)[C@@H](O)C[C@H]1NC(=O)OC(C)(C)C. The summed E-state index contributed by atoms with van der Waals surface area (Å²) in [6.45, 7) is 5.52. The van der Waals surface area contributed by atoms with Crippen molar-refractivity contribution in [3.63, 3.8) is 0 Å². The zero-order valence-electron chi connectivity index (χ0n) is 14.0. The average Bonchev–Trinajstić information content (AvgIpc) is 2.43. The summed E-state index contributed by atoms with van der Waals surface area (Å²) in [5.74, 6) is -0.778. The molecule has 1 saturated carbocycles.